The highest BCUT2D eigenvalue weighted by molar-refractivity contribution is 7.93. The van der Waals surface area contributed by atoms with Crippen molar-refractivity contribution in [1.29, 1.82) is 0 Å². The van der Waals surface area contributed by atoms with Crippen molar-refractivity contribution in [2.45, 2.75) is 39.3 Å². The number of ketones is 1. The predicted molar refractivity (Wildman–Crippen MR) is 115 cm³/mol. The van der Waals surface area contributed by atoms with E-state index in [-0.39, 0.29) is 5.56 Å². The molecule has 30 heavy (non-hydrogen) atoms. The van der Waals surface area contributed by atoms with Gasteiger partial charge in [-0.25, -0.2) is 13.1 Å². The largest absolute Gasteiger partial charge is 0.337 e. The van der Waals surface area contributed by atoms with Gasteiger partial charge in [-0.2, -0.15) is 0 Å². The van der Waals surface area contributed by atoms with E-state index in [9.17, 15) is 18.0 Å². The first-order chi connectivity index (χ1) is 17.6. The number of nitrogens with one attached hydrogen (secondary N) is 2. The zero-order valence-electron chi connectivity index (χ0n) is 24.6. The molecule has 2 heterocycles. The third kappa shape index (κ3) is 4.14. The molecule has 3 aromatic rings. The third-order valence-electron chi connectivity index (χ3n) is 4.03. The molecule has 0 atom stereocenters. The Bertz CT molecular complexity index is 1550. The number of benzene rings is 1. The van der Waals surface area contributed by atoms with Crippen LogP contribution in [0, 0.1) is 27.5 Å². The smallest absolute Gasteiger partial charge is 0.267 e. The molecular formula is C20H21N3O5S2. The van der Waals surface area contributed by atoms with Crippen molar-refractivity contribution in [3.63, 3.8) is 0 Å². The zero-order valence-corrected chi connectivity index (χ0v) is 17.2. The van der Waals surface area contributed by atoms with E-state index < -0.39 is 86.0 Å². The Labute approximate surface area is 191 Å². The Morgan fingerprint density at radius 1 is 1.23 bits per heavy atom. The molecule has 2 N–H and O–H groups in total. The Morgan fingerprint density at radius 2 is 2.03 bits per heavy atom. The Hall–Kier alpha value is -2.98. The molecule has 1 amide bonds. The van der Waals surface area contributed by atoms with Gasteiger partial charge in [-0.15, -0.1) is 11.3 Å². The monoisotopic (exact) mass is 456 g/mol. The third-order valence-corrected chi connectivity index (χ3v) is 6.45. The lowest BCUT2D eigenvalue weighted by atomic mass is 10.0. The average Bonchev–Trinajstić information content (AvgIpc) is 3.39. The lowest BCUT2D eigenvalue weighted by molar-refractivity contribution is 0.101. The maximum Gasteiger partial charge on any atom is 0.267 e. The summed E-state index contributed by atoms with van der Waals surface area (Å²) in [5, 5.41) is 6.91. The number of carbonyl (C=O) groups excluding carboxylic acids is 2. The minimum absolute atomic E-state index is 0.0948. The van der Waals surface area contributed by atoms with Crippen molar-refractivity contribution in [1.82, 2.24) is 5.16 Å². The molecule has 0 bridgehead atoms. The second-order valence-electron chi connectivity index (χ2n) is 6.16. The van der Waals surface area contributed by atoms with Gasteiger partial charge in [0.05, 0.1) is 11.4 Å². The average molecular weight is 457 g/mol. The lowest BCUT2D eigenvalue weighted by Crippen LogP contribution is -2.20. The van der Waals surface area contributed by atoms with Gasteiger partial charge in [-0.3, -0.25) is 9.59 Å². The molecule has 8 nitrogen and oxygen atoms in total. The molecule has 2 aromatic heterocycles. The van der Waals surface area contributed by atoms with Crippen molar-refractivity contribution in [3.8, 4) is 0 Å². The minimum Gasteiger partial charge on any atom is -0.337 e. The number of hydrogen-bond donors (Lipinski definition) is 2. The number of Topliss-reactive ketones (excluding diaryl/α,β-unsaturated/α-hetero) is 1. The number of thiophene rings is 1. The standard InChI is InChI=1S/C20H21N3O5S2/c1-10-8-11(2)17(15(9-10)14(5)24)21-19(25)18-16(6-7-29-18)30(26,27)23-20-12(3)13(4)22-28-20/h6-9,23H,1-5H3,(H,21,25)/i1D3,2D3,4D3. The molecule has 158 valence electrons. The van der Waals surface area contributed by atoms with Crippen LogP contribution in [-0.4, -0.2) is 25.3 Å². The van der Waals surface area contributed by atoms with Gasteiger partial charge in [-0.05, 0) is 63.0 Å². The molecule has 3 rings (SSSR count). The molecule has 1 aromatic carbocycles. The summed E-state index contributed by atoms with van der Waals surface area (Å²) in [6, 6.07) is 2.86. The molecular weight excluding hydrogens is 426 g/mol. The Balaban J connectivity index is 2.05. The highest BCUT2D eigenvalue weighted by Gasteiger charge is 2.27. The highest BCUT2D eigenvalue weighted by Crippen LogP contribution is 2.29. The molecule has 0 aliphatic carbocycles. The number of carbonyl (C=O) groups is 2. The van der Waals surface area contributed by atoms with Gasteiger partial charge in [-0.1, -0.05) is 11.2 Å². The van der Waals surface area contributed by atoms with Crippen molar-refractivity contribution in [3.05, 3.63) is 56.4 Å². The lowest BCUT2D eigenvalue weighted by Gasteiger charge is -2.14. The van der Waals surface area contributed by atoms with Crippen LogP contribution in [0.5, 0.6) is 0 Å². The molecule has 0 aliphatic rings. The molecule has 0 aliphatic heterocycles. The van der Waals surface area contributed by atoms with Crippen LogP contribution in [0.1, 0.15) is 61.7 Å². The van der Waals surface area contributed by atoms with Gasteiger partial charge in [0.1, 0.15) is 9.77 Å². The van der Waals surface area contributed by atoms with E-state index in [0.29, 0.717) is 11.3 Å². The van der Waals surface area contributed by atoms with E-state index >= 15 is 0 Å². The van der Waals surface area contributed by atoms with Crippen molar-refractivity contribution in [2.75, 3.05) is 10.0 Å². The first kappa shape index (κ1) is 12.7. The first-order valence-electron chi connectivity index (χ1n) is 12.7. The molecule has 0 unspecified atom stereocenters. The number of nitrogens with zero attached hydrogens (tertiary/aromatic N) is 1. The first-order valence-corrected chi connectivity index (χ1v) is 10.6. The summed E-state index contributed by atoms with van der Waals surface area (Å²) in [5.41, 5.74) is -2.49. The number of hydrogen-bond acceptors (Lipinski definition) is 7. The van der Waals surface area contributed by atoms with Crippen LogP contribution in [0.25, 0.3) is 0 Å². The van der Waals surface area contributed by atoms with E-state index in [4.69, 9.17) is 16.9 Å². The van der Waals surface area contributed by atoms with Crippen molar-refractivity contribution < 1.29 is 34.9 Å². The van der Waals surface area contributed by atoms with Gasteiger partial charge in [0.15, 0.2) is 5.78 Å². The fraction of sp³-hybridized carbons (Fsp3) is 0.250. The fourth-order valence-corrected chi connectivity index (χ4v) is 4.88. The van der Waals surface area contributed by atoms with Gasteiger partial charge >= 0.3 is 0 Å². The summed E-state index contributed by atoms with van der Waals surface area (Å²) in [6.07, 6.45) is 0. The summed E-state index contributed by atoms with van der Waals surface area (Å²) >= 11 is 0.680. The van der Waals surface area contributed by atoms with Crippen LogP contribution in [0.2, 0.25) is 0 Å². The molecule has 10 heteroatoms. The Morgan fingerprint density at radius 3 is 2.67 bits per heavy atom. The topological polar surface area (TPSA) is 118 Å². The minimum atomic E-state index is -4.55. The van der Waals surface area contributed by atoms with Gasteiger partial charge in [0, 0.05) is 23.5 Å². The summed E-state index contributed by atoms with van der Waals surface area (Å²) in [6.45, 7) is -6.06. The maximum absolute atomic E-state index is 13.2. The number of amides is 1. The van der Waals surface area contributed by atoms with Crippen LogP contribution in [0.3, 0.4) is 0 Å². The fourth-order valence-electron chi connectivity index (χ4n) is 2.51. The number of rotatable bonds is 6. The van der Waals surface area contributed by atoms with Crippen molar-refractivity contribution in [2.24, 2.45) is 0 Å². The number of sulfonamides is 1. The quantitative estimate of drug-likeness (QED) is 0.536. The molecule has 0 fully saturated rings. The van der Waals surface area contributed by atoms with Crippen molar-refractivity contribution >= 4 is 44.6 Å². The zero-order chi connectivity index (χ0) is 29.7. The SMILES string of the molecule is [2H]C([2H])([2H])c1cc(C(C)=O)c(NC(=O)c2sccc2S(=O)(=O)Nc2onc(C([2H])([2H])[2H])c2C)c(C([2H])([2H])[2H])c1. The number of aromatic nitrogens is 1. The summed E-state index contributed by atoms with van der Waals surface area (Å²) in [5.74, 6) is -2.33. The van der Waals surface area contributed by atoms with Gasteiger partial charge in [0.2, 0.25) is 5.88 Å². The molecule has 0 saturated heterocycles. The normalized spacial score (nSPS) is 17.1. The van der Waals surface area contributed by atoms with E-state index in [1.807, 2.05) is 4.72 Å². The second-order valence-corrected chi connectivity index (χ2v) is 8.73. The second kappa shape index (κ2) is 8.04. The summed E-state index contributed by atoms with van der Waals surface area (Å²) in [7, 11) is -4.55. The molecule has 0 spiro atoms. The summed E-state index contributed by atoms with van der Waals surface area (Å²) < 4.78 is 102. The summed E-state index contributed by atoms with van der Waals surface area (Å²) in [4.78, 5) is 24.6. The van der Waals surface area contributed by atoms with Crippen LogP contribution in [0.4, 0.5) is 11.6 Å². The predicted octanol–water partition coefficient (Wildman–Crippen LogP) is 4.23. The van der Waals surface area contributed by atoms with Crippen LogP contribution < -0.4 is 10.0 Å². The maximum atomic E-state index is 13.2. The number of anilines is 2. The Kier molecular flexibility index (Phi) is 3.39. The van der Waals surface area contributed by atoms with Crippen LogP contribution in [0.15, 0.2) is 33.0 Å². The van der Waals surface area contributed by atoms with E-state index in [1.165, 1.54) is 12.3 Å². The van der Waals surface area contributed by atoms with E-state index in [1.54, 1.807) is 0 Å². The van der Waals surface area contributed by atoms with E-state index in [2.05, 4.69) is 10.5 Å². The highest BCUT2D eigenvalue weighted by atomic mass is 32.2. The van der Waals surface area contributed by atoms with E-state index in [0.717, 1.165) is 25.1 Å². The van der Waals surface area contributed by atoms with Gasteiger partial charge in [0.25, 0.3) is 15.9 Å². The van der Waals surface area contributed by atoms with Crippen LogP contribution >= 0.6 is 11.3 Å². The van der Waals surface area contributed by atoms with Gasteiger partial charge < -0.3 is 9.84 Å². The molecule has 0 radical (unpaired) electrons. The number of aryl methyl sites for hydroxylation is 3. The van der Waals surface area contributed by atoms with Crippen LogP contribution in [-0.2, 0) is 10.0 Å². The molecule has 0 saturated carbocycles.